The summed E-state index contributed by atoms with van der Waals surface area (Å²) in [6.07, 6.45) is 0. The van der Waals surface area contributed by atoms with Crippen molar-refractivity contribution in [2.75, 3.05) is 12.0 Å². The first kappa shape index (κ1) is 23.0. The molecular formula is C24H15BrClN3O6. The fourth-order valence-electron chi connectivity index (χ4n) is 4.55. The van der Waals surface area contributed by atoms with Gasteiger partial charge in [-0.15, -0.1) is 0 Å². The lowest BCUT2D eigenvalue weighted by Gasteiger charge is -2.50. The molecule has 0 saturated carbocycles. The Kier molecular flexibility index (Phi) is 5.57. The number of benzene rings is 3. The number of halogens is 2. The van der Waals surface area contributed by atoms with E-state index in [9.17, 15) is 24.5 Å². The molecule has 1 saturated heterocycles. The number of β-lactam (4-membered cyclic amide) rings is 1. The van der Waals surface area contributed by atoms with Crippen LogP contribution in [0.3, 0.4) is 0 Å². The Morgan fingerprint density at radius 1 is 0.971 bits per heavy atom. The minimum Gasteiger partial charge on any atom is -0.496 e. The number of hydrogen-bond donors (Lipinski definition) is 0. The Morgan fingerprint density at radius 2 is 1.69 bits per heavy atom. The van der Waals surface area contributed by atoms with Gasteiger partial charge in [-0.2, -0.15) is 0 Å². The standard InChI is InChI=1S/C24H15BrClN3O6/c1-35-18-10-5-12(25)11-16(18)20-21(24(32)27(20)14-8-6-13(26)7-9-14)28-22(30)15-3-2-4-17(29(33)34)19(15)23(28)31/h2-11,20-21H,1H3/t20-,21+/m0/s1. The molecular weight excluding hydrogens is 542 g/mol. The van der Waals surface area contributed by atoms with E-state index in [0.717, 1.165) is 11.0 Å². The molecule has 0 bridgehead atoms. The fourth-order valence-corrected chi connectivity index (χ4v) is 5.06. The molecule has 3 amide bonds. The second kappa shape index (κ2) is 8.47. The number of fused-ring (bicyclic) bond motifs is 1. The van der Waals surface area contributed by atoms with Crippen LogP contribution in [-0.2, 0) is 4.79 Å². The number of nitro groups is 1. The average molecular weight is 557 g/mol. The van der Waals surface area contributed by atoms with Crippen LogP contribution in [0.25, 0.3) is 0 Å². The summed E-state index contributed by atoms with van der Waals surface area (Å²) in [7, 11) is 1.47. The quantitative estimate of drug-likeness (QED) is 0.194. The Labute approximate surface area is 212 Å². The maximum atomic E-state index is 13.5. The minimum absolute atomic E-state index is 0.109. The zero-order valence-electron chi connectivity index (χ0n) is 18.0. The highest BCUT2D eigenvalue weighted by molar-refractivity contribution is 9.10. The van der Waals surface area contributed by atoms with Crippen LogP contribution in [0.2, 0.25) is 5.02 Å². The van der Waals surface area contributed by atoms with Crippen molar-refractivity contribution in [2.24, 2.45) is 0 Å². The topological polar surface area (TPSA) is 110 Å². The third-order valence-electron chi connectivity index (χ3n) is 6.08. The fraction of sp³-hybridized carbons (Fsp3) is 0.125. The number of anilines is 1. The van der Waals surface area contributed by atoms with E-state index in [1.165, 1.54) is 24.1 Å². The molecule has 35 heavy (non-hydrogen) atoms. The molecule has 2 heterocycles. The summed E-state index contributed by atoms with van der Waals surface area (Å²) >= 11 is 9.44. The third-order valence-corrected chi connectivity index (χ3v) is 6.83. The molecule has 0 unspecified atom stereocenters. The van der Waals surface area contributed by atoms with Crippen molar-refractivity contribution in [3.05, 3.63) is 97.0 Å². The number of carbonyl (C=O) groups is 3. The number of hydrogen-bond acceptors (Lipinski definition) is 6. The van der Waals surface area contributed by atoms with Gasteiger partial charge in [0.05, 0.1) is 23.6 Å². The maximum absolute atomic E-state index is 13.5. The van der Waals surface area contributed by atoms with E-state index < -0.39 is 40.4 Å². The zero-order valence-corrected chi connectivity index (χ0v) is 20.3. The van der Waals surface area contributed by atoms with Gasteiger partial charge >= 0.3 is 0 Å². The lowest BCUT2D eigenvalue weighted by molar-refractivity contribution is -0.385. The summed E-state index contributed by atoms with van der Waals surface area (Å²) in [4.78, 5) is 53.3. The second-order valence-corrected chi connectivity index (χ2v) is 9.25. The number of amides is 3. The lowest BCUT2D eigenvalue weighted by atomic mass is 9.85. The molecule has 1 fully saturated rings. The van der Waals surface area contributed by atoms with E-state index in [1.807, 2.05) is 0 Å². The van der Waals surface area contributed by atoms with Gasteiger partial charge in [-0.05, 0) is 48.5 Å². The second-order valence-electron chi connectivity index (χ2n) is 7.90. The van der Waals surface area contributed by atoms with Crippen LogP contribution in [0.15, 0.2) is 65.1 Å². The molecule has 0 N–H and O–H groups in total. The van der Waals surface area contributed by atoms with E-state index in [-0.39, 0.29) is 11.1 Å². The normalized spacial score (nSPS) is 19.0. The van der Waals surface area contributed by atoms with Crippen LogP contribution in [-0.4, -0.2) is 40.7 Å². The number of nitro benzene ring substituents is 1. The van der Waals surface area contributed by atoms with E-state index in [0.29, 0.717) is 26.5 Å². The summed E-state index contributed by atoms with van der Waals surface area (Å²) in [6, 6.07) is 13.6. The highest BCUT2D eigenvalue weighted by Crippen LogP contribution is 2.48. The van der Waals surface area contributed by atoms with Gasteiger partial charge in [-0.3, -0.25) is 29.4 Å². The van der Waals surface area contributed by atoms with E-state index in [1.54, 1.807) is 42.5 Å². The smallest absolute Gasteiger partial charge is 0.282 e. The van der Waals surface area contributed by atoms with Gasteiger partial charge in [-0.1, -0.05) is 33.6 Å². The molecule has 9 nitrogen and oxygen atoms in total. The van der Waals surface area contributed by atoms with Crippen LogP contribution < -0.4 is 9.64 Å². The molecule has 5 rings (SSSR count). The van der Waals surface area contributed by atoms with Crippen LogP contribution in [0.5, 0.6) is 5.75 Å². The highest BCUT2D eigenvalue weighted by atomic mass is 79.9. The van der Waals surface area contributed by atoms with Gasteiger partial charge in [0, 0.05) is 26.8 Å². The largest absolute Gasteiger partial charge is 0.496 e. The van der Waals surface area contributed by atoms with Gasteiger partial charge in [0.2, 0.25) is 0 Å². The molecule has 11 heteroatoms. The molecule has 0 aromatic heterocycles. The van der Waals surface area contributed by atoms with Gasteiger partial charge < -0.3 is 9.64 Å². The molecule has 0 spiro atoms. The molecule has 2 aliphatic rings. The van der Waals surface area contributed by atoms with Crippen molar-refractivity contribution < 1.29 is 24.0 Å². The molecule has 176 valence electrons. The van der Waals surface area contributed by atoms with Crippen molar-refractivity contribution in [3.8, 4) is 5.75 Å². The predicted octanol–water partition coefficient (Wildman–Crippen LogP) is 4.77. The van der Waals surface area contributed by atoms with E-state index in [4.69, 9.17) is 16.3 Å². The minimum atomic E-state index is -1.24. The molecule has 0 aliphatic carbocycles. The van der Waals surface area contributed by atoms with E-state index >= 15 is 0 Å². The number of rotatable bonds is 5. The van der Waals surface area contributed by atoms with Crippen LogP contribution in [0, 0.1) is 10.1 Å². The number of ether oxygens (including phenoxy) is 1. The lowest BCUT2D eigenvalue weighted by Crippen LogP contribution is -2.67. The average Bonchev–Trinajstić information content (AvgIpc) is 3.08. The summed E-state index contributed by atoms with van der Waals surface area (Å²) in [6.45, 7) is 0. The van der Waals surface area contributed by atoms with Gasteiger partial charge in [-0.25, -0.2) is 0 Å². The molecule has 2 atom stereocenters. The Hall–Kier alpha value is -3.76. The van der Waals surface area contributed by atoms with Crippen LogP contribution >= 0.6 is 27.5 Å². The Bertz CT molecular complexity index is 1430. The van der Waals surface area contributed by atoms with Crippen LogP contribution in [0.4, 0.5) is 11.4 Å². The monoisotopic (exact) mass is 555 g/mol. The summed E-state index contributed by atoms with van der Waals surface area (Å²) in [5.41, 5.74) is 0.140. The SMILES string of the molecule is COc1ccc(Br)cc1[C@H]1[C@@H](N2C(=O)c3cccc([N+](=O)[O-])c3C2=O)C(=O)N1c1ccc(Cl)cc1. The van der Waals surface area contributed by atoms with Crippen molar-refractivity contribution >= 4 is 56.6 Å². The first-order valence-corrected chi connectivity index (χ1v) is 11.5. The van der Waals surface area contributed by atoms with E-state index in [2.05, 4.69) is 15.9 Å². The summed E-state index contributed by atoms with van der Waals surface area (Å²) in [5, 5.41) is 12.0. The summed E-state index contributed by atoms with van der Waals surface area (Å²) < 4.78 is 6.21. The number of methoxy groups -OCH3 is 1. The van der Waals surface area contributed by atoms with Crippen molar-refractivity contribution in [1.82, 2.24) is 4.90 Å². The third kappa shape index (κ3) is 3.48. The molecule has 2 aliphatic heterocycles. The first-order valence-electron chi connectivity index (χ1n) is 10.3. The number of carbonyl (C=O) groups excluding carboxylic acids is 3. The van der Waals surface area contributed by atoms with Gasteiger partial charge in [0.25, 0.3) is 23.4 Å². The summed E-state index contributed by atoms with van der Waals surface area (Å²) in [5.74, 6) is -1.72. The zero-order chi connectivity index (χ0) is 25.0. The Morgan fingerprint density at radius 3 is 2.34 bits per heavy atom. The van der Waals surface area contributed by atoms with Crippen LogP contribution in [0.1, 0.15) is 32.3 Å². The number of nitrogens with zero attached hydrogens (tertiary/aromatic N) is 3. The molecule has 0 radical (unpaired) electrons. The van der Waals surface area contributed by atoms with Crippen molar-refractivity contribution in [3.63, 3.8) is 0 Å². The molecule has 3 aromatic carbocycles. The maximum Gasteiger partial charge on any atom is 0.282 e. The first-order chi connectivity index (χ1) is 16.7. The highest BCUT2D eigenvalue weighted by Gasteiger charge is 2.59. The van der Waals surface area contributed by atoms with Gasteiger partial charge in [0.15, 0.2) is 0 Å². The predicted molar refractivity (Wildman–Crippen MR) is 130 cm³/mol. The molecule has 3 aromatic rings. The number of imide groups is 1. The van der Waals surface area contributed by atoms with Crippen molar-refractivity contribution in [1.29, 1.82) is 0 Å². The Balaban J connectivity index is 1.65. The van der Waals surface area contributed by atoms with Gasteiger partial charge in [0.1, 0.15) is 17.4 Å². The van der Waals surface area contributed by atoms with Crippen molar-refractivity contribution in [2.45, 2.75) is 12.1 Å².